The molecule has 3 heteroatoms. The minimum absolute atomic E-state index is 0.637. The first-order valence-corrected chi connectivity index (χ1v) is 5.23. The number of methoxy groups -OCH3 is 1. The van der Waals surface area contributed by atoms with Crippen molar-refractivity contribution in [3.05, 3.63) is 54.1 Å². The number of ether oxygens (including phenoxy) is 1. The zero-order valence-corrected chi connectivity index (χ0v) is 9.47. The Bertz CT molecular complexity index is 558. The molecule has 0 amide bonds. The molecule has 0 atom stereocenters. The number of hydrogen-bond acceptors (Lipinski definition) is 3. The van der Waals surface area contributed by atoms with E-state index in [1.807, 2.05) is 36.4 Å². The van der Waals surface area contributed by atoms with Crippen LogP contribution >= 0.6 is 0 Å². The predicted octanol–water partition coefficient (Wildman–Crippen LogP) is 3.31. The maximum atomic E-state index is 8.81. The molecule has 2 rings (SSSR count). The first kappa shape index (κ1) is 11.0. The van der Waals surface area contributed by atoms with Crippen molar-refractivity contribution in [1.29, 1.82) is 5.26 Å². The van der Waals surface area contributed by atoms with E-state index in [0.29, 0.717) is 5.56 Å². The van der Waals surface area contributed by atoms with Crippen LogP contribution in [0.2, 0.25) is 0 Å². The van der Waals surface area contributed by atoms with Crippen molar-refractivity contribution in [2.24, 2.45) is 0 Å². The largest absolute Gasteiger partial charge is 0.497 e. The fraction of sp³-hybridized carbons (Fsp3) is 0.0714. The Labute approximate surface area is 100 Å². The second-order valence-electron chi connectivity index (χ2n) is 3.55. The summed E-state index contributed by atoms with van der Waals surface area (Å²) in [4.78, 5) is 0. The Morgan fingerprint density at radius 2 is 1.76 bits per heavy atom. The van der Waals surface area contributed by atoms with Crippen LogP contribution in [0.4, 0.5) is 11.4 Å². The Hall–Kier alpha value is -2.47. The first-order valence-electron chi connectivity index (χ1n) is 5.23. The topological polar surface area (TPSA) is 45.0 Å². The minimum atomic E-state index is 0.637. The zero-order chi connectivity index (χ0) is 12.1. The summed E-state index contributed by atoms with van der Waals surface area (Å²) >= 11 is 0. The van der Waals surface area contributed by atoms with E-state index in [1.165, 1.54) is 0 Å². The van der Waals surface area contributed by atoms with Gasteiger partial charge in [0, 0.05) is 17.4 Å². The maximum Gasteiger partial charge on any atom is 0.120 e. The van der Waals surface area contributed by atoms with Crippen LogP contribution in [0.15, 0.2) is 48.5 Å². The lowest BCUT2D eigenvalue weighted by Gasteiger charge is -2.08. The number of nitriles is 1. The van der Waals surface area contributed by atoms with Gasteiger partial charge in [-0.2, -0.15) is 5.26 Å². The molecular weight excluding hydrogens is 212 g/mol. The highest BCUT2D eigenvalue weighted by Crippen LogP contribution is 2.21. The van der Waals surface area contributed by atoms with Gasteiger partial charge in [-0.3, -0.25) is 0 Å². The Kier molecular flexibility index (Phi) is 3.27. The van der Waals surface area contributed by atoms with Crippen LogP contribution in [-0.2, 0) is 0 Å². The molecule has 17 heavy (non-hydrogen) atoms. The normalized spacial score (nSPS) is 9.41. The van der Waals surface area contributed by atoms with Crippen LogP contribution in [0.3, 0.4) is 0 Å². The molecule has 0 aliphatic rings. The third kappa shape index (κ3) is 2.76. The van der Waals surface area contributed by atoms with E-state index >= 15 is 0 Å². The van der Waals surface area contributed by atoms with E-state index < -0.39 is 0 Å². The van der Waals surface area contributed by atoms with Crippen molar-refractivity contribution in [2.75, 3.05) is 12.4 Å². The molecule has 0 heterocycles. The van der Waals surface area contributed by atoms with Gasteiger partial charge in [0.1, 0.15) is 5.75 Å². The smallest absolute Gasteiger partial charge is 0.120 e. The average Bonchev–Trinajstić information content (AvgIpc) is 2.39. The van der Waals surface area contributed by atoms with Gasteiger partial charge in [0.15, 0.2) is 0 Å². The van der Waals surface area contributed by atoms with Gasteiger partial charge in [-0.25, -0.2) is 0 Å². The molecule has 84 valence electrons. The van der Waals surface area contributed by atoms with Crippen LogP contribution < -0.4 is 10.1 Å². The highest BCUT2D eigenvalue weighted by Gasteiger charge is 1.98. The van der Waals surface area contributed by atoms with Crippen LogP contribution in [0.25, 0.3) is 0 Å². The summed E-state index contributed by atoms with van der Waals surface area (Å²) < 4.78 is 5.15. The van der Waals surface area contributed by atoms with Crippen molar-refractivity contribution in [2.45, 2.75) is 0 Å². The molecule has 2 aromatic carbocycles. The van der Waals surface area contributed by atoms with Gasteiger partial charge in [0.2, 0.25) is 0 Å². The summed E-state index contributed by atoms with van der Waals surface area (Å²) in [5.74, 6) is 0.798. The quantitative estimate of drug-likeness (QED) is 0.869. The van der Waals surface area contributed by atoms with Crippen LogP contribution in [0.1, 0.15) is 5.56 Å². The lowest BCUT2D eigenvalue weighted by molar-refractivity contribution is 0.415. The molecular formula is C14H12N2O. The van der Waals surface area contributed by atoms with Gasteiger partial charge >= 0.3 is 0 Å². The number of nitrogens with zero attached hydrogens (tertiary/aromatic N) is 1. The Morgan fingerprint density at radius 1 is 1.06 bits per heavy atom. The summed E-state index contributed by atoms with van der Waals surface area (Å²) in [5, 5.41) is 12.0. The standard InChI is InChI=1S/C14H12N2O/c1-17-14-7-3-6-13(9-14)16-12-5-2-4-11(8-12)10-15/h2-9,16H,1H3. The van der Waals surface area contributed by atoms with Crippen molar-refractivity contribution in [1.82, 2.24) is 0 Å². The number of nitrogens with one attached hydrogen (secondary N) is 1. The van der Waals surface area contributed by atoms with Gasteiger partial charge in [0.05, 0.1) is 18.7 Å². The van der Waals surface area contributed by atoms with E-state index in [2.05, 4.69) is 11.4 Å². The molecule has 0 aromatic heterocycles. The van der Waals surface area contributed by atoms with E-state index in [0.717, 1.165) is 17.1 Å². The molecule has 0 spiro atoms. The number of anilines is 2. The molecule has 1 N–H and O–H groups in total. The third-order valence-electron chi connectivity index (χ3n) is 2.35. The van der Waals surface area contributed by atoms with Crippen molar-refractivity contribution >= 4 is 11.4 Å². The Morgan fingerprint density at radius 3 is 2.47 bits per heavy atom. The van der Waals surface area contributed by atoms with Crippen LogP contribution in [0, 0.1) is 11.3 Å². The van der Waals surface area contributed by atoms with Crippen molar-refractivity contribution in [3.8, 4) is 11.8 Å². The average molecular weight is 224 g/mol. The third-order valence-corrected chi connectivity index (χ3v) is 2.35. The van der Waals surface area contributed by atoms with E-state index in [9.17, 15) is 0 Å². The molecule has 2 aromatic rings. The molecule has 0 aliphatic carbocycles. The molecule has 0 saturated carbocycles. The lowest BCUT2D eigenvalue weighted by Crippen LogP contribution is -1.91. The summed E-state index contributed by atoms with van der Waals surface area (Å²) in [6.45, 7) is 0. The van der Waals surface area contributed by atoms with Crippen LogP contribution in [0.5, 0.6) is 5.75 Å². The summed E-state index contributed by atoms with van der Waals surface area (Å²) in [7, 11) is 1.63. The van der Waals surface area contributed by atoms with Gasteiger partial charge in [-0.1, -0.05) is 12.1 Å². The maximum absolute atomic E-state index is 8.81. The zero-order valence-electron chi connectivity index (χ0n) is 9.47. The molecule has 0 aliphatic heterocycles. The minimum Gasteiger partial charge on any atom is -0.497 e. The Balaban J connectivity index is 2.22. The summed E-state index contributed by atoms with van der Waals surface area (Å²) in [5.41, 5.74) is 2.45. The highest BCUT2D eigenvalue weighted by atomic mass is 16.5. The highest BCUT2D eigenvalue weighted by molar-refractivity contribution is 5.62. The predicted molar refractivity (Wildman–Crippen MR) is 67.4 cm³/mol. The summed E-state index contributed by atoms with van der Waals surface area (Å²) in [6, 6.07) is 17.1. The monoisotopic (exact) mass is 224 g/mol. The lowest BCUT2D eigenvalue weighted by atomic mass is 10.2. The molecule has 0 unspecified atom stereocenters. The number of rotatable bonds is 3. The van der Waals surface area contributed by atoms with Crippen LogP contribution in [-0.4, -0.2) is 7.11 Å². The van der Waals surface area contributed by atoms with Crippen molar-refractivity contribution < 1.29 is 4.74 Å². The fourth-order valence-electron chi connectivity index (χ4n) is 1.53. The van der Waals surface area contributed by atoms with Gasteiger partial charge < -0.3 is 10.1 Å². The van der Waals surface area contributed by atoms with Gasteiger partial charge in [0.25, 0.3) is 0 Å². The van der Waals surface area contributed by atoms with Gasteiger partial charge in [-0.15, -0.1) is 0 Å². The fourth-order valence-corrected chi connectivity index (χ4v) is 1.53. The molecule has 0 saturated heterocycles. The molecule has 3 nitrogen and oxygen atoms in total. The van der Waals surface area contributed by atoms with E-state index in [4.69, 9.17) is 10.00 Å². The first-order chi connectivity index (χ1) is 8.31. The number of hydrogen-bond donors (Lipinski definition) is 1. The van der Waals surface area contributed by atoms with E-state index in [-0.39, 0.29) is 0 Å². The molecule has 0 radical (unpaired) electrons. The second-order valence-corrected chi connectivity index (χ2v) is 3.55. The number of benzene rings is 2. The second kappa shape index (κ2) is 5.04. The molecule has 0 fully saturated rings. The van der Waals surface area contributed by atoms with E-state index in [1.54, 1.807) is 19.2 Å². The van der Waals surface area contributed by atoms with Crippen molar-refractivity contribution in [3.63, 3.8) is 0 Å². The van der Waals surface area contributed by atoms with Gasteiger partial charge in [-0.05, 0) is 30.3 Å². The SMILES string of the molecule is COc1cccc(Nc2cccc(C#N)c2)c1. The molecule has 0 bridgehead atoms. The summed E-state index contributed by atoms with van der Waals surface area (Å²) in [6.07, 6.45) is 0.